The van der Waals surface area contributed by atoms with Crippen molar-refractivity contribution in [1.82, 2.24) is 15.2 Å². The summed E-state index contributed by atoms with van der Waals surface area (Å²) in [6.07, 6.45) is 6.64. The van der Waals surface area contributed by atoms with Crippen LogP contribution in [0.4, 0.5) is 0 Å². The Labute approximate surface area is 153 Å². The molecule has 0 unspecified atom stereocenters. The lowest BCUT2D eigenvalue weighted by molar-refractivity contribution is -0.133. The zero-order valence-electron chi connectivity index (χ0n) is 14.5. The van der Waals surface area contributed by atoms with Gasteiger partial charge in [0.15, 0.2) is 0 Å². The number of aromatic nitrogens is 1. The van der Waals surface area contributed by atoms with Crippen LogP contribution in [-0.4, -0.2) is 34.9 Å². The zero-order chi connectivity index (χ0) is 17.1. The minimum Gasteiger partial charge on any atom is -0.335 e. The molecule has 132 valence electrons. The van der Waals surface area contributed by atoms with Gasteiger partial charge < -0.3 is 10.2 Å². The number of nitrogens with zero attached hydrogens (tertiary/aromatic N) is 2. The van der Waals surface area contributed by atoms with Gasteiger partial charge in [0.25, 0.3) is 0 Å². The van der Waals surface area contributed by atoms with Crippen molar-refractivity contribution >= 4 is 17.2 Å². The number of rotatable bonds is 6. The normalized spacial score (nSPS) is 21.2. The smallest absolute Gasteiger partial charge is 0.223 e. The molecular formula is C20H25N3OS. The van der Waals surface area contributed by atoms with Crippen LogP contribution in [0.5, 0.6) is 0 Å². The first-order valence-electron chi connectivity index (χ1n) is 9.18. The molecule has 1 atom stereocenters. The molecule has 4 rings (SSSR count). The van der Waals surface area contributed by atoms with E-state index in [1.165, 1.54) is 24.8 Å². The molecule has 1 aliphatic heterocycles. The van der Waals surface area contributed by atoms with Crippen molar-refractivity contribution in [3.63, 3.8) is 0 Å². The highest BCUT2D eigenvalue weighted by molar-refractivity contribution is 7.07. The predicted molar refractivity (Wildman–Crippen MR) is 100 cm³/mol. The molecule has 1 aliphatic carbocycles. The van der Waals surface area contributed by atoms with Crippen molar-refractivity contribution in [3.05, 3.63) is 52.5 Å². The second-order valence-corrected chi connectivity index (χ2v) is 8.09. The minimum absolute atomic E-state index is 0.275. The molecular weight excluding hydrogens is 330 g/mol. The molecule has 0 aromatic carbocycles. The third-order valence-electron chi connectivity index (χ3n) is 5.70. The summed E-state index contributed by atoms with van der Waals surface area (Å²) in [7, 11) is 0. The van der Waals surface area contributed by atoms with Crippen molar-refractivity contribution in [2.75, 3.05) is 13.1 Å². The number of hydrogen-bond acceptors (Lipinski definition) is 4. The highest BCUT2D eigenvalue weighted by Gasteiger charge is 2.57. The fraction of sp³-hybridized carbons (Fsp3) is 0.500. The van der Waals surface area contributed by atoms with Gasteiger partial charge in [0.1, 0.15) is 0 Å². The van der Waals surface area contributed by atoms with Gasteiger partial charge in [0.05, 0.1) is 0 Å². The van der Waals surface area contributed by atoms with Crippen molar-refractivity contribution < 1.29 is 4.79 Å². The molecule has 5 heteroatoms. The molecule has 25 heavy (non-hydrogen) atoms. The van der Waals surface area contributed by atoms with E-state index >= 15 is 0 Å². The Kier molecular flexibility index (Phi) is 4.86. The number of pyridine rings is 1. The molecule has 1 amide bonds. The van der Waals surface area contributed by atoms with E-state index in [0.717, 1.165) is 31.7 Å². The molecule has 2 aliphatic rings. The molecule has 0 radical (unpaired) electrons. The van der Waals surface area contributed by atoms with Crippen LogP contribution in [0.3, 0.4) is 0 Å². The fourth-order valence-corrected chi connectivity index (χ4v) is 4.76. The van der Waals surface area contributed by atoms with Gasteiger partial charge in [-0.2, -0.15) is 11.3 Å². The lowest BCUT2D eigenvalue weighted by Crippen LogP contribution is -2.39. The Balaban J connectivity index is 1.44. The van der Waals surface area contributed by atoms with Gasteiger partial charge in [-0.3, -0.25) is 9.78 Å². The van der Waals surface area contributed by atoms with Gasteiger partial charge in [0.2, 0.25) is 5.91 Å². The van der Waals surface area contributed by atoms with Crippen LogP contribution in [0.2, 0.25) is 0 Å². The molecule has 2 fully saturated rings. The molecule has 3 heterocycles. The van der Waals surface area contributed by atoms with Crippen molar-refractivity contribution in [2.45, 2.75) is 44.7 Å². The summed E-state index contributed by atoms with van der Waals surface area (Å²) >= 11 is 1.70. The number of nitrogens with one attached hydrogen (secondary N) is 1. The number of carbonyl (C=O) groups excluding carboxylic acids is 1. The van der Waals surface area contributed by atoms with E-state index < -0.39 is 0 Å². The van der Waals surface area contributed by atoms with E-state index in [2.05, 4.69) is 32.0 Å². The summed E-state index contributed by atoms with van der Waals surface area (Å²) in [6.45, 7) is 2.93. The van der Waals surface area contributed by atoms with Crippen LogP contribution in [-0.2, 0) is 17.8 Å². The van der Waals surface area contributed by atoms with Crippen LogP contribution in [0, 0.1) is 5.41 Å². The number of amides is 1. The van der Waals surface area contributed by atoms with E-state index in [-0.39, 0.29) is 5.91 Å². The third-order valence-corrected chi connectivity index (χ3v) is 6.43. The Morgan fingerprint density at radius 1 is 1.32 bits per heavy atom. The molecule has 2 aromatic heterocycles. The molecule has 1 N–H and O–H groups in total. The molecule has 1 saturated carbocycles. The average molecular weight is 356 g/mol. The van der Waals surface area contributed by atoms with E-state index in [4.69, 9.17) is 0 Å². The van der Waals surface area contributed by atoms with Gasteiger partial charge in [-0.05, 0) is 78.7 Å². The van der Waals surface area contributed by atoms with Gasteiger partial charge >= 0.3 is 0 Å². The van der Waals surface area contributed by atoms with E-state index in [9.17, 15) is 4.79 Å². The van der Waals surface area contributed by atoms with Crippen molar-refractivity contribution in [3.8, 4) is 0 Å². The van der Waals surface area contributed by atoms with E-state index in [1.807, 2.05) is 18.2 Å². The SMILES string of the molecule is O=C(CCc1ccccn1)N(Cc1ccsc1)[C@H]1CC12CCNCC2. The Bertz CT molecular complexity index is 695. The van der Waals surface area contributed by atoms with Gasteiger partial charge in [-0.1, -0.05) is 6.07 Å². The highest BCUT2D eigenvalue weighted by Crippen LogP contribution is 2.56. The number of piperidine rings is 1. The van der Waals surface area contributed by atoms with Gasteiger partial charge in [-0.15, -0.1) is 0 Å². The second-order valence-electron chi connectivity index (χ2n) is 7.31. The maximum absolute atomic E-state index is 13.0. The largest absolute Gasteiger partial charge is 0.335 e. The summed E-state index contributed by atoms with van der Waals surface area (Å²) in [5, 5.41) is 7.71. The Morgan fingerprint density at radius 2 is 2.20 bits per heavy atom. The number of carbonyl (C=O) groups is 1. The first-order valence-corrected chi connectivity index (χ1v) is 10.1. The van der Waals surface area contributed by atoms with E-state index in [1.54, 1.807) is 17.5 Å². The number of hydrogen-bond donors (Lipinski definition) is 1. The van der Waals surface area contributed by atoms with Crippen LogP contribution in [0.1, 0.15) is 36.9 Å². The maximum Gasteiger partial charge on any atom is 0.223 e. The first-order chi connectivity index (χ1) is 12.3. The van der Waals surface area contributed by atoms with Gasteiger partial charge in [0, 0.05) is 30.9 Å². The minimum atomic E-state index is 0.275. The standard InChI is InChI=1S/C20H25N3OS/c24-19(5-4-17-3-1-2-9-22-17)23(14-16-6-12-25-15-16)18-13-20(18)7-10-21-11-8-20/h1-3,6,9,12,15,18,21H,4-5,7-8,10-11,13-14H2/t18-/m0/s1. The quantitative estimate of drug-likeness (QED) is 0.865. The zero-order valence-corrected chi connectivity index (χ0v) is 15.3. The lowest BCUT2D eigenvalue weighted by Gasteiger charge is -2.29. The van der Waals surface area contributed by atoms with E-state index in [0.29, 0.717) is 17.9 Å². The molecule has 4 nitrogen and oxygen atoms in total. The molecule has 1 spiro atoms. The molecule has 0 bridgehead atoms. The van der Waals surface area contributed by atoms with Crippen molar-refractivity contribution in [1.29, 1.82) is 0 Å². The highest BCUT2D eigenvalue weighted by atomic mass is 32.1. The fourth-order valence-electron chi connectivity index (χ4n) is 4.11. The second kappa shape index (κ2) is 7.26. The monoisotopic (exact) mass is 355 g/mol. The lowest BCUT2D eigenvalue weighted by atomic mass is 9.93. The van der Waals surface area contributed by atoms with Crippen molar-refractivity contribution in [2.24, 2.45) is 5.41 Å². The third kappa shape index (κ3) is 3.77. The Morgan fingerprint density at radius 3 is 2.92 bits per heavy atom. The summed E-state index contributed by atoms with van der Waals surface area (Å²) in [6, 6.07) is 8.47. The predicted octanol–water partition coefficient (Wildman–Crippen LogP) is 3.25. The van der Waals surface area contributed by atoms with Crippen LogP contribution >= 0.6 is 11.3 Å². The average Bonchev–Trinajstić information content (AvgIpc) is 3.08. The van der Waals surface area contributed by atoms with Crippen LogP contribution in [0.25, 0.3) is 0 Å². The van der Waals surface area contributed by atoms with Crippen LogP contribution in [0.15, 0.2) is 41.2 Å². The summed E-state index contributed by atoms with van der Waals surface area (Å²) < 4.78 is 0. The Hall–Kier alpha value is -1.72. The topological polar surface area (TPSA) is 45.2 Å². The first kappa shape index (κ1) is 16.7. The van der Waals surface area contributed by atoms with Crippen LogP contribution < -0.4 is 5.32 Å². The summed E-state index contributed by atoms with van der Waals surface area (Å²) in [5.41, 5.74) is 2.63. The molecule has 1 saturated heterocycles. The summed E-state index contributed by atoms with van der Waals surface area (Å²) in [4.78, 5) is 19.6. The molecule has 2 aromatic rings. The number of aryl methyl sites for hydroxylation is 1. The maximum atomic E-state index is 13.0. The van der Waals surface area contributed by atoms with Gasteiger partial charge in [-0.25, -0.2) is 0 Å². The number of thiophene rings is 1. The summed E-state index contributed by atoms with van der Waals surface area (Å²) in [5.74, 6) is 0.275.